The zero-order valence-corrected chi connectivity index (χ0v) is 15.7. The summed E-state index contributed by atoms with van der Waals surface area (Å²) in [5.41, 5.74) is -2.07. The number of benzene rings is 1. The van der Waals surface area contributed by atoms with Gasteiger partial charge in [0.05, 0.1) is 22.3 Å². The Kier molecular flexibility index (Phi) is 5.52. The van der Waals surface area contributed by atoms with Gasteiger partial charge in [0.15, 0.2) is 0 Å². The van der Waals surface area contributed by atoms with Crippen LogP contribution in [0.15, 0.2) is 18.2 Å². The number of esters is 1. The van der Waals surface area contributed by atoms with Crippen LogP contribution in [0.25, 0.3) is 0 Å². The maximum atomic E-state index is 12.3. The molecule has 2 rings (SSSR count). The SMILES string of the molecule is CC1(C)CC(OC(=O)Cc2ccc([N+](=O)[O-])cc2[N+](=O)[O-])CC(C)(C)N1O. The van der Waals surface area contributed by atoms with Crippen LogP contribution in [-0.2, 0) is 16.0 Å². The van der Waals surface area contributed by atoms with Crippen LogP contribution in [0.4, 0.5) is 11.4 Å². The second kappa shape index (κ2) is 7.20. The van der Waals surface area contributed by atoms with Gasteiger partial charge in [-0.25, -0.2) is 0 Å². The highest BCUT2D eigenvalue weighted by Crippen LogP contribution is 2.38. The fourth-order valence-electron chi connectivity index (χ4n) is 3.63. The molecule has 1 aliphatic heterocycles. The molecule has 1 aromatic rings. The number of nitro groups is 2. The van der Waals surface area contributed by atoms with E-state index in [1.165, 1.54) is 11.1 Å². The van der Waals surface area contributed by atoms with E-state index in [1.54, 1.807) is 0 Å². The van der Waals surface area contributed by atoms with E-state index in [-0.39, 0.29) is 12.0 Å². The second-order valence-corrected chi connectivity index (χ2v) is 7.96. The summed E-state index contributed by atoms with van der Waals surface area (Å²) in [7, 11) is 0. The van der Waals surface area contributed by atoms with Gasteiger partial charge in [-0.2, -0.15) is 5.06 Å². The number of hydrogen-bond donors (Lipinski definition) is 1. The van der Waals surface area contributed by atoms with Crippen LogP contribution in [0.5, 0.6) is 0 Å². The molecule has 1 aliphatic rings. The minimum atomic E-state index is -0.758. The number of rotatable bonds is 5. The molecule has 1 heterocycles. The van der Waals surface area contributed by atoms with Crippen LogP contribution < -0.4 is 0 Å². The van der Waals surface area contributed by atoms with Crippen molar-refractivity contribution in [2.24, 2.45) is 0 Å². The lowest BCUT2D eigenvalue weighted by Crippen LogP contribution is -2.60. The Bertz CT molecular complexity index is 758. The van der Waals surface area contributed by atoms with Crippen LogP contribution in [0.3, 0.4) is 0 Å². The van der Waals surface area contributed by atoms with E-state index in [1.807, 2.05) is 27.7 Å². The Morgan fingerprint density at radius 3 is 2.22 bits per heavy atom. The summed E-state index contributed by atoms with van der Waals surface area (Å²) in [5.74, 6) is -0.657. The van der Waals surface area contributed by atoms with Crippen molar-refractivity contribution < 1.29 is 24.6 Å². The van der Waals surface area contributed by atoms with E-state index in [9.17, 15) is 30.2 Å². The van der Waals surface area contributed by atoms with Crippen molar-refractivity contribution >= 4 is 17.3 Å². The summed E-state index contributed by atoms with van der Waals surface area (Å²) >= 11 is 0. The van der Waals surface area contributed by atoms with Gasteiger partial charge in [-0.1, -0.05) is 0 Å². The lowest BCUT2D eigenvalue weighted by molar-refractivity contribution is -0.394. The van der Waals surface area contributed by atoms with E-state index >= 15 is 0 Å². The van der Waals surface area contributed by atoms with Crippen molar-refractivity contribution in [3.05, 3.63) is 44.0 Å². The smallest absolute Gasteiger partial charge is 0.310 e. The molecular weight excluding hydrogens is 358 g/mol. The Labute approximate surface area is 156 Å². The van der Waals surface area contributed by atoms with Crippen LogP contribution in [0.2, 0.25) is 0 Å². The largest absolute Gasteiger partial charge is 0.462 e. The first-order valence-electron chi connectivity index (χ1n) is 8.44. The normalized spacial score (nSPS) is 19.4. The molecule has 148 valence electrons. The number of non-ortho nitro benzene ring substituents is 1. The Morgan fingerprint density at radius 1 is 1.19 bits per heavy atom. The highest BCUT2D eigenvalue weighted by atomic mass is 16.6. The van der Waals surface area contributed by atoms with Crippen LogP contribution in [0.1, 0.15) is 46.1 Å². The summed E-state index contributed by atoms with van der Waals surface area (Å²) in [5, 5.41) is 33.5. The van der Waals surface area contributed by atoms with E-state index in [0.29, 0.717) is 12.8 Å². The number of nitro benzene ring substituents is 2. The average molecular weight is 381 g/mol. The van der Waals surface area contributed by atoms with Gasteiger partial charge in [0.1, 0.15) is 6.10 Å². The van der Waals surface area contributed by atoms with Gasteiger partial charge in [0, 0.05) is 35.5 Å². The molecule has 1 saturated heterocycles. The summed E-state index contributed by atoms with van der Waals surface area (Å²) < 4.78 is 5.49. The molecule has 0 bridgehead atoms. The van der Waals surface area contributed by atoms with Gasteiger partial charge in [0.2, 0.25) is 0 Å². The number of carbonyl (C=O) groups is 1. The maximum absolute atomic E-state index is 12.3. The summed E-state index contributed by atoms with van der Waals surface area (Å²) in [6, 6.07) is 3.15. The predicted octanol–water partition coefficient (Wildman–Crippen LogP) is 3.00. The zero-order chi connectivity index (χ0) is 20.6. The second-order valence-electron chi connectivity index (χ2n) is 7.96. The van der Waals surface area contributed by atoms with Gasteiger partial charge < -0.3 is 9.94 Å². The first-order chi connectivity index (χ1) is 12.3. The average Bonchev–Trinajstić information content (AvgIpc) is 2.51. The van der Waals surface area contributed by atoms with Gasteiger partial charge in [0.25, 0.3) is 11.4 Å². The topological polar surface area (TPSA) is 136 Å². The number of hydrogen-bond acceptors (Lipinski definition) is 8. The van der Waals surface area contributed by atoms with E-state index in [2.05, 4.69) is 0 Å². The first-order valence-corrected chi connectivity index (χ1v) is 8.44. The maximum Gasteiger partial charge on any atom is 0.310 e. The van der Waals surface area contributed by atoms with Gasteiger partial charge in [-0.15, -0.1) is 0 Å². The lowest BCUT2D eigenvalue weighted by atomic mass is 9.80. The molecule has 0 saturated carbocycles. The highest BCUT2D eigenvalue weighted by molar-refractivity contribution is 5.74. The Morgan fingerprint density at radius 2 is 1.74 bits per heavy atom. The van der Waals surface area contributed by atoms with Crippen molar-refractivity contribution in [1.82, 2.24) is 5.06 Å². The van der Waals surface area contributed by atoms with Crippen LogP contribution in [-0.4, -0.2) is 43.3 Å². The molecule has 1 fully saturated rings. The molecule has 0 amide bonds. The third kappa shape index (κ3) is 4.58. The van der Waals surface area contributed by atoms with Crippen LogP contribution in [0, 0.1) is 20.2 Å². The molecule has 1 N–H and O–H groups in total. The first kappa shape index (κ1) is 20.7. The third-order valence-electron chi connectivity index (χ3n) is 4.71. The minimum Gasteiger partial charge on any atom is -0.462 e. The van der Waals surface area contributed by atoms with E-state index in [4.69, 9.17) is 4.74 Å². The Balaban J connectivity index is 2.14. The number of carbonyl (C=O) groups excluding carboxylic acids is 1. The van der Waals surface area contributed by atoms with Crippen molar-refractivity contribution in [2.45, 2.75) is 64.1 Å². The molecule has 0 atom stereocenters. The van der Waals surface area contributed by atoms with Crippen molar-refractivity contribution in [3.8, 4) is 0 Å². The molecule has 0 spiro atoms. The predicted molar refractivity (Wildman–Crippen MR) is 94.4 cm³/mol. The molecule has 10 nitrogen and oxygen atoms in total. The van der Waals surface area contributed by atoms with Crippen molar-refractivity contribution in [1.29, 1.82) is 0 Å². The van der Waals surface area contributed by atoms with E-state index < -0.39 is 44.4 Å². The standard InChI is InChI=1S/C17H23N3O7/c1-16(2)9-13(10-17(3,4)20(16)26)27-15(21)7-11-5-6-12(18(22)23)8-14(11)19(24)25/h5-6,8,13,26H,7,9-10H2,1-4H3. The van der Waals surface area contributed by atoms with Crippen LogP contribution >= 0.6 is 0 Å². The fraction of sp³-hybridized carbons (Fsp3) is 0.588. The fourth-order valence-corrected chi connectivity index (χ4v) is 3.63. The third-order valence-corrected chi connectivity index (χ3v) is 4.71. The highest BCUT2D eigenvalue weighted by Gasteiger charge is 2.46. The molecule has 27 heavy (non-hydrogen) atoms. The van der Waals surface area contributed by atoms with Gasteiger partial charge in [-0.3, -0.25) is 25.0 Å². The minimum absolute atomic E-state index is 0.0497. The quantitative estimate of drug-likeness (QED) is 0.467. The molecular formula is C17H23N3O7. The zero-order valence-electron chi connectivity index (χ0n) is 15.7. The number of nitrogens with zero attached hydrogens (tertiary/aromatic N) is 3. The number of hydroxylamine groups is 2. The van der Waals surface area contributed by atoms with Crippen molar-refractivity contribution in [3.63, 3.8) is 0 Å². The van der Waals surface area contributed by atoms with Gasteiger partial charge >= 0.3 is 5.97 Å². The lowest BCUT2D eigenvalue weighted by Gasteiger charge is -2.50. The summed E-state index contributed by atoms with van der Waals surface area (Å²) in [4.78, 5) is 32.8. The molecule has 10 heteroatoms. The summed E-state index contributed by atoms with van der Waals surface area (Å²) in [6.45, 7) is 7.32. The molecule has 0 unspecified atom stereocenters. The number of ether oxygens (including phenoxy) is 1. The molecule has 1 aromatic carbocycles. The van der Waals surface area contributed by atoms with E-state index in [0.717, 1.165) is 12.1 Å². The molecule has 0 radical (unpaired) electrons. The monoisotopic (exact) mass is 381 g/mol. The van der Waals surface area contributed by atoms with Gasteiger partial charge in [-0.05, 0) is 33.8 Å². The molecule has 0 aliphatic carbocycles. The summed E-state index contributed by atoms with van der Waals surface area (Å²) in [6.07, 6.45) is -0.0145. The number of piperidine rings is 1. The van der Waals surface area contributed by atoms with Crippen molar-refractivity contribution in [2.75, 3.05) is 0 Å². The molecule has 0 aromatic heterocycles. The Hall–Kier alpha value is -2.59.